The molecule has 2 rings (SSSR count). The monoisotopic (exact) mass is 182 g/mol. The Hall–Kier alpha value is -1.11. The first kappa shape index (κ1) is 8.49. The third-order valence-electron chi connectivity index (χ3n) is 2.41. The van der Waals surface area contributed by atoms with E-state index in [1.165, 1.54) is 0 Å². The van der Waals surface area contributed by atoms with Crippen LogP contribution in [0.5, 0.6) is 0 Å². The first-order valence-electron chi connectivity index (χ1n) is 4.12. The zero-order chi connectivity index (χ0) is 9.59. The van der Waals surface area contributed by atoms with Gasteiger partial charge in [0.1, 0.15) is 24.0 Å². The number of fused-ring (bicyclic) bond motifs is 1. The molecule has 6 heteroatoms. The van der Waals surface area contributed by atoms with E-state index in [1.54, 1.807) is 6.33 Å². The van der Waals surface area contributed by atoms with E-state index in [4.69, 9.17) is 11.5 Å². The van der Waals surface area contributed by atoms with Gasteiger partial charge in [-0.25, -0.2) is 4.98 Å². The number of anilines is 1. The summed E-state index contributed by atoms with van der Waals surface area (Å²) in [5, 5.41) is 3.11. The number of aryl methyl sites for hydroxylation is 1. The third kappa shape index (κ3) is 1.11. The number of imidazole rings is 1. The lowest BCUT2D eigenvalue weighted by molar-refractivity contribution is 0.184. The standard InChI is InChI=1S/C7H14N6/c1-12-3-10-4-5(8)13(2)7(9)11-6(4)12/h3,5,7,11H,8-9H2,1-2H3. The number of hydrogen-bond donors (Lipinski definition) is 3. The van der Waals surface area contributed by atoms with Gasteiger partial charge in [0.2, 0.25) is 0 Å². The van der Waals surface area contributed by atoms with Crippen LogP contribution in [0.15, 0.2) is 6.33 Å². The van der Waals surface area contributed by atoms with Crippen LogP contribution < -0.4 is 16.8 Å². The molecule has 6 nitrogen and oxygen atoms in total. The molecule has 0 aromatic carbocycles. The molecule has 2 heterocycles. The fourth-order valence-corrected chi connectivity index (χ4v) is 1.45. The van der Waals surface area contributed by atoms with Crippen molar-refractivity contribution in [1.29, 1.82) is 0 Å². The molecule has 0 bridgehead atoms. The van der Waals surface area contributed by atoms with E-state index >= 15 is 0 Å². The largest absolute Gasteiger partial charge is 0.342 e. The Bertz CT molecular complexity index is 319. The molecule has 0 fully saturated rings. The fraction of sp³-hybridized carbons (Fsp3) is 0.571. The number of rotatable bonds is 0. The van der Waals surface area contributed by atoms with E-state index in [2.05, 4.69) is 10.3 Å². The number of nitrogens with zero attached hydrogens (tertiary/aromatic N) is 3. The average molecular weight is 182 g/mol. The minimum Gasteiger partial charge on any atom is -0.342 e. The molecule has 2 unspecified atom stereocenters. The predicted octanol–water partition coefficient (Wildman–Crippen LogP) is -1.02. The van der Waals surface area contributed by atoms with Gasteiger partial charge in [-0.1, -0.05) is 0 Å². The normalized spacial score (nSPS) is 28.3. The summed E-state index contributed by atoms with van der Waals surface area (Å²) >= 11 is 0. The van der Waals surface area contributed by atoms with Gasteiger partial charge in [0.05, 0.1) is 6.33 Å². The lowest BCUT2D eigenvalue weighted by atomic mass is 10.2. The van der Waals surface area contributed by atoms with Crippen LogP contribution in [-0.4, -0.2) is 27.8 Å². The van der Waals surface area contributed by atoms with Crippen LogP contribution in [0.3, 0.4) is 0 Å². The van der Waals surface area contributed by atoms with Crippen molar-refractivity contribution in [3.8, 4) is 0 Å². The first-order chi connectivity index (χ1) is 6.11. The Kier molecular flexibility index (Phi) is 1.76. The van der Waals surface area contributed by atoms with Crippen molar-refractivity contribution in [2.45, 2.75) is 12.5 Å². The SMILES string of the molecule is CN1C(N)Nc2c(ncn2C)C1N. The van der Waals surface area contributed by atoms with Crippen molar-refractivity contribution < 1.29 is 0 Å². The summed E-state index contributed by atoms with van der Waals surface area (Å²) in [5.74, 6) is 0.901. The number of nitrogens with one attached hydrogen (secondary N) is 1. The highest BCUT2D eigenvalue weighted by atomic mass is 15.4. The summed E-state index contributed by atoms with van der Waals surface area (Å²) in [5.41, 5.74) is 12.6. The molecule has 0 amide bonds. The van der Waals surface area contributed by atoms with Crippen molar-refractivity contribution in [1.82, 2.24) is 14.5 Å². The minimum absolute atomic E-state index is 0.229. The average Bonchev–Trinajstić information content (AvgIpc) is 2.45. The molecule has 0 saturated carbocycles. The molecule has 1 aromatic rings. The molecule has 0 aliphatic carbocycles. The van der Waals surface area contributed by atoms with E-state index in [1.807, 2.05) is 23.6 Å². The van der Waals surface area contributed by atoms with E-state index in [0.717, 1.165) is 11.5 Å². The van der Waals surface area contributed by atoms with Crippen LogP contribution in [0.4, 0.5) is 5.82 Å². The van der Waals surface area contributed by atoms with Crippen molar-refractivity contribution in [2.75, 3.05) is 12.4 Å². The zero-order valence-corrected chi connectivity index (χ0v) is 7.73. The van der Waals surface area contributed by atoms with E-state index in [0.29, 0.717) is 0 Å². The molecular formula is C7H14N6. The van der Waals surface area contributed by atoms with Crippen LogP contribution in [0.2, 0.25) is 0 Å². The third-order valence-corrected chi connectivity index (χ3v) is 2.41. The van der Waals surface area contributed by atoms with Gasteiger partial charge < -0.3 is 15.6 Å². The second-order valence-electron chi connectivity index (χ2n) is 3.29. The Morgan fingerprint density at radius 1 is 1.46 bits per heavy atom. The summed E-state index contributed by atoms with van der Waals surface area (Å²) < 4.78 is 1.88. The Balaban J connectivity index is 2.44. The lowest BCUT2D eigenvalue weighted by Crippen LogP contribution is -2.53. The molecule has 0 spiro atoms. The van der Waals surface area contributed by atoms with Gasteiger partial charge in [0.25, 0.3) is 0 Å². The van der Waals surface area contributed by atoms with Gasteiger partial charge in [-0.05, 0) is 7.05 Å². The van der Waals surface area contributed by atoms with Crippen molar-refractivity contribution in [3.63, 3.8) is 0 Å². The van der Waals surface area contributed by atoms with E-state index < -0.39 is 0 Å². The zero-order valence-electron chi connectivity index (χ0n) is 7.73. The maximum absolute atomic E-state index is 5.92. The number of nitrogens with two attached hydrogens (primary N) is 2. The summed E-state index contributed by atoms with van der Waals surface area (Å²) in [7, 11) is 3.77. The van der Waals surface area contributed by atoms with Gasteiger partial charge >= 0.3 is 0 Å². The summed E-state index contributed by atoms with van der Waals surface area (Å²) in [6.45, 7) is 0. The highest BCUT2D eigenvalue weighted by Gasteiger charge is 2.29. The number of aromatic nitrogens is 2. The van der Waals surface area contributed by atoms with Crippen LogP contribution in [-0.2, 0) is 7.05 Å². The second-order valence-corrected chi connectivity index (χ2v) is 3.29. The highest BCUT2D eigenvalue weighted by molar-refractivity contribution is 5.46. The minimum atomic E-state index is -0.252. The predicted molar refractivity (Wildman–Crippen MR) is 49.5 cm³/mol. The van der Waals surface area contributed by atoms with Gasteiger partial charge in [0, 0.05) is 7.05 Å². The van der Waals surface area contributed by atoms with Gasteiger partial charge in [0.15, 0.2) is 0 Å². The van der Waals surface area contributed by atoms with Crippen LogP contribution >= 0.6 is 0 Å². The van der Waals surface area contributed by atoms with Crippen LogP contribution in [0, 0.1) is 0 Å². The second kappa shape index (κ2) is 2.69. The van der Waals surface area contributed by atoms with Crippen molar-refractivity contribution in [2.24, 2.45) is 18.5 Å². The Labute approximate surface area is 76.5 Å². The molecule has 5 N–H and O–H groups in total. The Morgan fingerprint density at radius 3 is 2.85 bits per heavy atom. The van der Waals surface area contributed by atoms with Gasteiger partial charge in [-0.3, -0.25) is 10.6 Å². The van der Waals surface area contributed by atoms with Crippen molar-refractivity contribution in [3.05, 3.63) is 12.0 Å². The molecule has 1 aliphatic heterocycles. The van der Waals surface area contributed by atoms with Gasteiger partial charge in [-0.15, -0.1) is 0 Å². The maximum Gasteiger partial charge on any atom is 0.134 e. The molecular weight excluding hydrogens is 168 g/mol. The van der Waals surface area contributed by atoms with Crippen LogP contribution in [0.25, 0.3) is 0 Å². The molecule has 13 heavy (non-hydrogen) atoms. The number of hydrogen-bond acceptors (Lipinski definition) is 5. The molecule has 2 atom stereocenters. The summed E-state index contributed by atoms with van der Waals surface area (Å²) in [6, 6.07) is 0. The lowest BCUT2D eigenvalue weighted by Gasteiger charge is -2.35. The molecule has 72 valence electrons. The smallest absolute Gasteiger partial charge is 0.134 e. The maximum atomic E-state index is 5.92. The first-order valence-corrected chi connectivity index (χ1v) is 4.12. The van der Waals surface area contributed by atoms with E-state index in [-0.39, 0.29) is 12.5 Å². The van der Waals surface area contributed by atoms with Crippen LogP contribution in [0.1, 0.15) is 11.9 Å². The molecule has 1 aromatic heterocycles. The highest BCUT2D eigenvalue weighted by Crippen LogP contribution is 2.26. The molecule has 0 saturated heterocycles. The fourth-order valence-electron chi connectivity index (χ4n) is 1.45. The van der Waals surface area contributed by atoms with E-state index in [9.17, 15) is 0 Å². The summed E-state index contributed by atoms with van der Waals surface area (Å²) in [4.78, 5) is 6.03. The van der Waals surface area contributed by atoms with Crippen molar-refractivity contribution >= 4 is 5.82 Å². The summed E-state index contributed by atoms with van der Waals surface area (Å²) in [6.07, 6.45) is 1.24. The molecule has 0 radical (unpaired) electrons. The molecule has 1 aliphatic rings. The quantitative estimate of drug-likeness (QED) is 0.478. The van der Waals surface area contributed by atoms with Gasteiger partial charge in [-0.2, -0.15) is 0 Å². The topological polar surface area (TPSA) is 85.1 Å². The Morgan fingerprint density at radius 2 is 2.15 bits per heavy atom.